The lowest BCUT2D eigenvalue weighted by molar-refractivity contribution is -0.117. The van der Waals surface area contributed by atoms with Gasteiger partial charge in [0.2, 0.25) is 15.9 Å². The molecule has 2 atom stereocenters. The van der Waals surface area contributed by atoms with E-state index in [0.717, 1.165) is 6.42 Å². The third-order valence-corrected chi connectivity index (χ3v) is 4.99. The van der Waals surface area contributed by atoms with Crippen molar-refractivity contribution < 1.29 is 18.3 Å². The largest absolute Gasteiger partial charge is 0.392 e. The van der Waals surface area contributed by atoms with Crippen molar-refractivity contribution in [2.75, 3.05) is 22.3 Å². The molecule has 0 bridgehead atoms. The maximum absolute atomic E-state index is 12.0. The number of hydrogen-bond donors (Lipinski definition) is 4. The number of amides is 1. The lowest BCUT2D eigenvalue weighted by Crippen LogP contribution is -2.35. The zero-order valence-electron chi connectivity index (χ0n) is 13.1. The summed E-state index contributed by atoms with van der Waals surface area (Å²) in [6, 6.07) is 6.09. The van der Waals surface area contributed by atoms with E-state index < -0.39 is 22.2 Å². The van der Waals surface area contributed by atoms with Crippen LogP contribution < -0.4 is 15.4 Å². The number of carbonyl (C=O) groups is 1. The fourth-order valence-electron chi connectivity index (χ4n) is 2.33. The minimum Gasteiger partial charge on any atom is -0.392 e. The monoisotopic (exact) mass is 341 g/mol. The summed E-state index contributed by atoms with van der Waals surface area (Å²) >= 11 is 0. The molecule has 1 aliphatic rings. The number of anilines is 2. The standard InChI is InChI=1S/C15H23N3O4S/c1-2-3-8-23(21,22)18-12-6-4-11(5-7-12)17-15(20)14-9-13(19)10-16-14/h4-7,13-14,16,18-19H,2-3,8-10H2,1H3,(H,17,20). The van der Waals surface area contributed by atoms with Crippen LogP contribution >= 0.6 is 0 Å². The van der Waals surface area contributed by atoms with Crippen molar-refractivity contribution in [2.24, 2.45) is 0 Å². The molecule has 1 saturated heterocycles. The Morgan fingerprint density at radius 1 is 1.30 bits per heavy atom. The summed E-state index contributed by atoms with van der Waals surface area (Å²) in [6.07, 6.45) is 1.33. The molecule has 0 radical (unpaired) electrons. The molecule has 4 N–H and O–H groups in total. The van der Waals surface area contributed by atoms with Crippen molar-refractivity contribution in [1.82, 2.24) is 5.32 Å². The molecule has 2 rings (SSSR count). The van der Waals surface area contributed by atoms with Crippen molar-refractivity contribution in [3.05, 3.63) is 24.3 Å². The molecule has 1 aromatic carbocycles. The second-order valence-corrected chi connectivity index (χ2v) is 7.53. The molecule has 1 amide bonds. The van der Waals surface area contributed by atoms with E-state index in [1.54, 1.807) is 24.3 Å². The van der Waals surface area contributed by atoms with E-state index in [-0.39, 0.29) is 11.7 Å². The predicted octanol–water partition coefficient (Wildman–Crippen LogP) is 0.890. The number of benzene rings is 1. The van der Waals surface area contributed by atoms with Crippen LogP contribution in [0.4, 0.5) is 11.4 Å². The average Bonchev–Trinajstić information content (AvgIpc) is 2.94. The highest BCUT2D eigenvalue weighted by Gasteiger charge is 2.27. The Morgan fingerprint density at radius 2 is 1.96 bits per heavy atom. The smallest absolute Gasteiger partial charge is 0.241 e. The topological polar surface area (TPSA) is 108 Å². The van der Waals surface area contributed by atoms with Gasteiger partial charge in [-0.05, 0) is 37.1 Å². The van der Waals surface area contributed by atoms with Gasteiger partial charge >= 0.3 is 0 Å². The van der Waals surface area contributed by atoms with E-state index in [1.807, 2.05) is 6.92 Å². The first-order valence-corrected chi connectivity index (χ1v) is 9.37. The number of hydrogen-bond acceptors (Lipinski definition) is 5. The molecule has 1 aromatic rings. The molecule has 1 fully saturated rings. The summed E-state index contributed by atoms with van der Waals surface area (Å²) in [5, 5.41) is 15.1. The first kappa shape index (κ1) is 17.7. The number of aliphatic hydroxyl groups is 1. The first-order chi connectivity index (χ1) is 10.9. The van der Waals surface area contributed by atoms with Gasteiger partial charge in [0, 0.05) is 17.9 Å². The van der Waals surface area contributed by atoms with Gasteiger partial charge in [-0.25, -0.2) is 8.42 Å². The summed E-state index contributed by atoms with van der Waals surface area (Å²) in [5.74, 6) is -0.115. The lowest BCUT2D eigenvalue weighted by Gasteiger charge is -2.12. The first-order valence-electron chi connectivity index (χ1n) is 7.72. The molecule has 0 aliphatic carbocycles. The van der Waals surface area contributed by atoms with Gasteiger partial charge < -0.3 is 15.7 Å². The van der Waals surface area contributed by atoms with Crippen molar-refractivity contribution >= 4 is 27.3 Å². The Morgan fingerprint density at radius 3 is 2.52 bits per heavy atom. The molecule has 8 heteroatoms. The Hall–Kier alpha value is -1.64. The fourth-order valence-corrected chi connectivity index (χ4v) is 3.60. The van der Waals surface area contributed by atoms with E-state index in [0.29, 0.717) is 30.8 Å². The molecule has 1 aliphatic heterocycles. The van der Waals surface area contributed by atoms with Crippen molar-refractivity contribution in [2.45, 2.75) is 38.3 Å². The van der Waals surface area contributed by atoms with Crippen LogP contribution in [-0.4, -0.2) is 43.9 Å². The van der Waals surface area contributed by atoms with Crippen LogP contribution in [0.5, 0.6) is 0 Å². The fraction of sp³-hybridized carbons (Fsp3) is 0.533. The van der Waals surface area contributed by atoms with Crippen LogP contribution in [0.3, 0.4) is 0 Å². The highest BCUT2D eigenvalue weighted by molar-refractivity contribution is 7.92. The Kier molecular flexibility index (Phi) is 5.97. The van der Waals surface area contributed by atoms with Gasteiger partial charge in [-0.1, -0.05) is 13.3 Å². The molecule has 23 heavy (non-hydrogen) atoms. The molecular formula is C15H23N3O4S. The molecular weight excluding hydrogens is 318 g/mol. The zero-order valence-corrected chi connectivity index (χ0v) is 13.9. The molecule has 0 spiro atoms. The summed E-state index contributed by atoms with van der Waals surface area (Å²) < 4.78 is 26.1. The van der Waals surface area contributed by atoms with Crippen LogP contribution in [0.2, 0.25) is 0 Å². The SMILES string of the molecule is CCCCS(=O)(=O)Nc1ccc(NC(=O)C2CC(O)CN2)cc1. The minimum atomic E-state index is -3.33. The summed E-state index contributed by atoms with van der Waals surface area (Å²) in [6.45, 7) is 2.35. The molecule has 128 valence electrons. The van der Waals surface area contributed by atoms with Crippen molar-refractivity contribution in [1.29, 1.82) is 0 Å². The van der Waals surface area contributed by atoms with E-state index >= 15 is 0 Å². The zero-order chi connectivity index (χ0) is 16.9. The van der Waals surface area contributed by atoms with Crippen molar-refractivity contribution in [3.63, 3.8) is 0 Å². The number of sulfonamides is 1. The molecule has 0 aromatic heterocycles. The Balaban J connectivity index is 1.90. The van der Waals surface area contributed by atoms with E-state index in [9.17, 15) is 18.3 Å². The van der Waals surface area contributed by atoms with Crippen LogP contribution in [0.25, 0.3) is 0 Å². The van der Waals surface area contributed by atoms with E-state index in [2.05, 4.69) is 15.4 Å². The van der Waals surface area contributed by atoms with Gasteiger partial charge in [0.1, 0.15) is 0 Å². The average molecular weight is 341 g/mol. The number of nitrogens with one attached hydrogen (secondary N) is 3. The van der Waals surface area contributed by atoms with Gasteiger partial charge in [-0.3, -0.25) is 9.52 Å². The highest BCUT2D eigenvalue weighted by atomic mass is 32.2. The molecule has 1 heterocycles. The van der Waals surface area contributed by atoms with Gasteiger partial charge in [-0.2, -0.15) is 0 Å². The Bertz CT molecular complexity index is 631. The van der Waals surface area contributed by atoms with E-state index in [1.165, 1.54) is 0 Å². The third-order valence-electron chi connectivity index (χ3n) is 3.62. The van der Waals surface area contributed by atoms with Gasteiger partial charge in [-0.15, -0.1) is 0 Å². The summed E-state index contributed by atoms with van der Waals surface area (Å²) in [7, 11) is -3.33. The number of unbranched alkanes of at least 4 members (excludes halogenated alkanes) is 1. The van der Waals surface area contributed by atoms with Crippen LogP contribution in [0.1, 0.15) is 26.2 Å². The maximum atomic E-state index is 12.0. The van der Waals surface area contributed by atoms with Gasteiger partial charge in [0.15, 0.2) is 0 Å². The number of aliphatic hydroxyl groups excluding tert-OH is 1. The van der Waals surface area contributed by atoms with Crippen LogP contribution in [-0.2, 0) is 14.8 Å². The van der Waals surface area contributed by atoms with Crippen LogP contribution in [0.15, 0.2) is 24.3 Å². The third kappa shape index (κ3) is 5.49. The number of carbonyl (C=O) groups excluding carboxylic acids is 1. The van der Waals surface area contributed by atoms with E-state index in [4.69, 9.17) is 0 Å². The second kappa shape index (κ2) is 7.76. The predicted molar refractivity (Wildman–Crippen MR) is 89.8 cm³/mol. The van der Waals surface area contributed by atoms with Crippen LogP contribution in [0, 0.1) is 0 Å². The quantitative estimate of drug-likeness (QED) is 0.589. The van der Waals surface area contributed by atoms with Gasteiger partial charge in [0.05, 0.1) is 17.9 Å². The maximum Gasteiger partial charge on any atom is 0.241 e. The molecule has 0 saturated carbocycles. The second-order valence-electron chi connectivity index (χ2n) is 5.69. The summed E-state index contributed by atoms with van der Waals surface area (Å²) in [5.41, 5.74) is 1.04. The Labute approximate surface area is 136 Å². The van der Waals surface area contributed by atoms with Crippen molar-refractivity contribution in [3.8, 4) is 0 Å². The van der Waals surface area contributed by atoms with Gasteiger partial charge in [0.25, 0.3) is 0 Å². The highest BCUT2D eigenvalue weighted by Crippen LogP contribution is 2.16. The molecule has 2 unspecified atom stereocenters. The minimum absolute atomic E-state index is 0.0949. The number of rotatable bonds is 7. The normalized spacial score (nSPS) is 21.1. The number of β-amino-alcohol motifs (C(OH)–C–C–N with tert-alkyl or cyclic N) is 1. The lowest BCUT2D eigenvalue weighted by atomic mass is 10.2. The summed E-state index contributed by atoms with van der Waals surface area (Å²) in [4.78, 5) is 12.0. The molecule has 7 nitrogen and oxygen atoms in total.